The van der Waals surface area contributed by atoms with Crippen LogP contribution in [0.2, 0.25) is 0 Å². The molecule has 124 valence electrons. The summed E-state index contributed by atoms with van der Waals surface area (Å²) in [4.78, 5) is 11.8. The second-order valence-corrected chi connectivity index (χ2v) is 8.61. The van der Waals surface area contributed by atoms with E-state index >= 15 is 0 Å². The van der Waals surface area contributed by atoms with Gasteiger partial charge in [-0.15, -0.1) is 0 Å². The minimum atomic E-state index is -0.0823. The molecule has 0 aromatic rings. The number of aliphatic hydroxyl groups excluding tert-OH is 1. The molecule has 0 heterocycles. The second kappa shape index (κ2) is 5.17. The fourth-order valence-corrected chi connectivity index (χ4v) is 6.53. The van der Waals surface area contributed by atoms with E-state index in [9.17, 15) is 9.90 Å². The Morgan fingerprint density at radius 1 is 1.05 bits per heavy atom. The molecule has 3 heteroatoms. The highest BCUT2D eigenvalue weighted by Gasteiger charge is 2.58. The smallest absolute Gasteiger partial charge is 0.155 e. The normalized spacial score (nSPS) is 50.3. The van der Waals surface area contributed by atoms with Gasteiger partial charge in [0.2, 0.25) is 0 Å². The molecule has 0 spiro atoms. The third-order valence-electron chi connectivity index (χ3n) is 7.91. The number of carbonyl (C=O) groups is 1. The zero-order chi connectivity index (χ0) is 14.8. The number of allylic oxidation sites excluding steroid dienone is 1. The van der Waals surface area contributed by atoms with Crippen LogP contribution >= 0.6 is 0 Å². The van der Waals surface area contributed by atoms with Gasteiger partial charge in [0.25, 0.3) is 0 Å². The number of aliphatic hydroxyl groups is 1. The van der Waals surface area contributed by atoms with Gasteiger partial charge < -0.3 is 10.6 Å². The molecule has 22 heavy (non-hydrogen) atoms. The zero-order valence-electron chi connectivity index (χ0n) is 13.9. The Labute approximate surface area is 133 Å². The Morgan fingerprint density at radius 3 is 2.59 bits per heavy atom. The van der Waals surface area contributed by atoms with Crippen LogP contribution in [0.1, 0.15) is 65.2 Å². The molecular formula is C19H30O3. The number of carbonyl (C=O) groups excluding carboxylic acids is 1. The van der Waals surface area contributed by atoms with Crippen molar-refractivity contribution in [2.24, 2.45) is 28.6 Å². The van der Waals surface area contributed by atoms with E-state index in [4.69, 9.17) is 0 Å². The van der Waals surface area contributed by atoms with Crippen LogP contribution in [-0.4, -0.2) is 22.5 Å². The summed E-state index contributed by atoms with van der Waals surface area (Å²) in [5.41, 5.74) is 1.89. The lowest BCUT2D eigenvalue weighted by molar-refractivity contribution is -0.118. The summed E-state index contributed by atoms with van der Waals surface area (Å²) in [5.74, 6) is 2.57. The van der Waals surface area contributed by atoms with Crippen LogP contribution < -0.4 is 0 Å². The van der Waals surface area contributed by atoms with E-state index in [0.717, 1.165) is 37.5 Å². The van der Waals surface area contributed by atoms with Gasteiger partial charge in [-0.05, 0) is 79.6 Å². The summed E-state index contributed by atoms with van der Waals surface area (Å²) in [5, 5.41) is 10.4. The van der Waals surface area contributed by atoms with Gasteiger partial charge >= 0.3 is 0 Å². The minimum absolute atomic E-state index is 0. The van der Waals surface area contributed by atoms with Crippen molar-refractivity contribution in [2.75, 3.05) is 0 Å². The Hall–Kier alpha value is -0.670. The first kappa shape index (κ1) is 16.2. The van der Waals surface area contributed by atoms with Crippen molar-refractivity contribution >= 4 is 5.78 Å². The lowest BCUT2D eigenvalue weighted by Gasteiger charge is -2.57. The summed E-state index contributed by atoms with van der Waals surface area (Å²) in [7, 11) is 0. The zero-order valence-corrected chi connectivity index (χ0v) is 13.9. The third kappa shape index (κ3) is 1.98. The maximum atomic E-state index is 11.8. The highest BCUT2D eigenvalue weighted by Crippen LogP contribution is 2.65. The fraction of sp³-hybridized carbons (Fsp3) is 0.842. The Balaban J connectivity index is 0.00000144. The van der Waals surface area contributed by atoms with Crippen molar-refractivity contribution in [1.29, 1.82) is 0 Å². The molecule has 0 bridgehead atoms. The van der Waals surface area contributed by atoms with Crippen molar-refractivity contribution in [2.45, 2.75) is 71.3 Å². The van der Waals surface area contributed by atoms with Crippen molar-refractivity contribution in [3.63, 3.8) is 0 Å². The number of hydrogen-bond acceptors (Lipinski definition) is 2. The van der Waals surface area contributed by atoms with Crippen molar-refractivity contribution in [1.82, 2.24) is 0 Å². The van der Waals surface area contributed by atoms with Crippen LogP contribution in [-0.2, 0) is 4.79 Å². The molecule has 3 nitrogen and oxygen atoms in total. The summed E-state index contributed by atoms with van der Waals surface area (Å²) < 4.78 is 0. The quantitative estimate of drug-likeness (QED) is 0.747. The summed E-state index contributed by atoms with van der Waals surface area (Å²) in [6, 6.07) is 0. The topological polar surface area (TPSA) is 68.8 Å². The van der Waals surface area contributed by atoms with Gasteiger partial charge in [0.05, 0.1) is 6.10 Å². The van der Waals surface area contributed by atoms with E-state index in [0.29, 0.717) is 11.7 Å². The van der Waals surface area contributed by atoms with Gasteiger partial charge in [0, 0.05) is 6.42 Å². The lowest BCUT2D eigenvalue weighted by atomic mass is 9.47. The molecule has 0 saturated heterocycles. The molecule has 3 N–H and O–H groups in total. The molecule has 4 aliphatic rings. The standard InChI is InChI=1S/C19H28O2.H2O/c1-18-9-7-13(20)11-12(18)3-4-14-15-5-6-17(21)19(15,2)10-8-16(14)18;/h11,14-17,21H,3-10H2,1-2H3;1H2/t14-,15+,16+,17+,18+,19-;/m1./s1. The summed E-state index contributed by atoms with van der Waals surface area (Å²) in [6.45, 7) is 4.76. The monoisotopic (exact) mass is 306 g/mol. The van der Waals surface area contributed by atoms with E-state index in [-0.39, 0.29) is 22.4 Å². The number of rotatable bonds is 0. The fourth-order valence-electron chi connectivity index (χ4n) is 6.53. The molecule has 0 aromatic carbocycles. The number of ketones is 1. The van der Waals surface area contributed by atoms with E-state index in [1.54, 1.807) is 0 Å². The van der Waals surface area contributed by atoms with Crippen LogP contribution in [0.15, 0.2) is 11.6 Å². The molecule has 6 atom stereocenters. The molecule has 3 fully saturated rings. The molecule has 0 amide bonds. The summed E-state index contributed by atoms with van der Waals surface area (Å²) in [6.07, 6.45) is 10.7. The molecule has 0 radical (unpaired) electrons. The van der Waals surface area contributed by atoms with Gasteiger partial charge in [-0.2, -0.15) is 0 Å². The maximum absolute atomic E-state index is 11.8. The highest BCUT2D eigenvalue weighted by atomic mass is 16.3. The van der Waals surface area contributed by atoms with Gasteiger partial charge in [-0.3, -0.25) is 4.79 Å². The van der Waals surface area contributed by atoms with Crippen molar-refractivity contribution in [3.8, 4) is 0 Å². The number of hydrogen-bond donors (Lipinski definition) is 1. The van der Waals surface area contributed by atoms with Gasteiger partial charge in [0.1, 0.15) is 0 Å². The largest absolute Gasteiger partial charge is 0.412 e. The third-order valence-corrected chi connectivity index (χ3v) is 7.91. The van der Waals surface area contributed by atoms with Crippen molar-refractivity contribution < 1.29 is 15.4 Å². The maximum Gasteiger partial charge on any atom is 0.155 e. The number of fused-ring (bicyclic) bond motifs is 5. The first-order valence-electron chi connectivity index (χ1n) is 8.87. The van der Waals surface area contributed by atoms with E-state index in [1.807, 2.05) is 6.08 Å². The molecule has 0 aromatic heterocycles. The average molecular weight is 306 g/mol. The highest BCUT2D eigenvalue weighted by molar-refractivity contribution is 5.91. The SMILES string of the molecule is C[C@@]12CC[C@H]3[C@H](CCC4=CC(=O)CC[C@@]43C)[C@@H]1CC[C@@H]2O.O. The molecular weight excluding hydrogens is 276 g/mol. The molecule has 3 saturated carbocycles. The van der Waals surface area contributed by atoms with Crippen molar-refractivity contribution in [3.05, 3.63) is 11.6 Å². The van der Waals surface area contributed by atoms with E-state index in [1.165, 1.54) is 31.3 Å². The van der Waals surface area contributed by atoms with Gasteiger partial charge in [-0.1, -0.05) is 19.4 Å². The lowest BCUT2D eigenvalue weighted by Crippen LogP contribution is -2.51. The van der Waals surface area contributed by atoms with Gasteiger partial charge in [-0.25, -0.2) is 0 Å². The predicted octanol–water partition coefficient (Wildman–Crippen LogP) is 3.05. The minimum Gasteiger partial charge on any atom is -0.412 e. The predicted molar refractivity (Wildman–Crippen MR) is 86.3 cm³/mol. The van der Waals surface area contributed by atoms with Crippen LogP contribution in [0.4, 0.5) is 0 Å². The van der Waals surface area contributed by atoms with Crippen LogP contribution in [0.5, 0.6) is 0 Å². The average Bonchev–Trinajstić information content (AvgIpc) is 2.76. The molecule has 4 aliphatic carbocycles. The van der Waals surface area contributed by atoms with E-state index in [2.05, 4.69) is 13.8 Å². The van der Waals surface area contributed by atoms with Crippen LogP contribution in [0.25, 0.3) is 0 Å². The second-order valence-electron chi connectivity index (χ2n) is 8.61. The summed E-state index contributed by atoms with van der Waals surface area (Å²) >= 11 is 0. The first-order chi connectivity index (χ1) is 9.95. The molecule has 0 unspecified atom stereocenters. The Morgan fingerprint density at radius 2 is 1.82 bits per heavy atom. The van der Waals surface area contributed by atoms with E-state index < -0.39 is 0 Å². The van der Waals surface area contributed by atoms with Crippen LogP contribution in [0, 0.1) is 28.6 Å². The molecule has 4 rings (SSSR count). The van der Waals surface area contributed by atoms with Crippen LogP contribution in [0.3, 0.4) is 0 Å². The Kier molecular flexibility index (Phi) is 3.81. The first-order valence-corrected chi connectivity index (χ1v) is 8.87. The molecule has 0 aliphatic heterocycles. The van der Waals surface area contributed by atoms with Gasteiger partial charge in [0.15, 0.2) is 5.78 Å². The Bertz CT molecular complexity index is 511.